The van der Waals surface area contributed by atoms with E-state index in [0.717, 1.165) is 11.5 Å². The van der Waals surface area contributed by atoms with Crippen LogP contribution in [0.15, 0.2) is 30.3 Å². The van der Waals surface area contributed by atoms with Gasteiger partial charge in [-0.25, -0.2) is 0 Å². The quantitative estimate of drug-likeness (QED) is 0.815. The van der Waals surface area contributed by atoms with Gasteiger partial charge in [0.25, 0.3) is 0 Å². The Balaban J connectivity index is 2.00. The zero-order valence-electron chi connectivity index (χ0n) is 13.2. The van der Waals surface area contributed by atoms with Crippen molar-refractivity contribution in [3.05, 3.63) is 35.9 Å². The highest BCUT2D eigenvalue weighted by Gasteiger charge is 2.27. The molecule has 3 heteroatoms. The normalized spacial score (nSPS) is 23.5. The van der Waals surface area contributed by atoms with Gasteiger partial charge in [-0.2, -0.15) is 0 Å². The Morgan fingerprint density at radius 2 is 2.00 bits per heavy atom. The van der Waals surface area contributed by atoms with E-state index in [-0.39, 0.29) is 11.9 Å². The molecule has 0 heterocycles. The van der Waals surface area contributed by atoms with E-state index >= 15 is 0 Å². The molecule has 21 heavy (non-hydrogen) atoms. The van der Waals surface area contributed by atoms with Crippen LogP contribution in [0.25, 0.3) is 0 Å². The minimum absolute atomic E-state index is 0.155. The van der Waals surface area contributed by atoms with Crippen molar-refractivity contribution in [2.75, 3.05) is 13.7 Å². The van der Waals surface area contributed by atoms with Crippen LogP contribution in [-0.4, -0.2) is 25.7 Å². The lowest BCUT2D eigenvalue weighted by molar-refractivity contribution is -0.142. The molecule has 3 unspecified atom stereocenters. The van der Waals surface area contributed by atoms with Crippen LogP contribution in [0.2, 0.25) is 0 Å². The highest BCUT2D eigenvalue weighted by atomic mass is 16.5. The molecule has 0 aromatic heterocycles. The molecule has 0 aliphatic heterocycles. The molecule has 1 aliphatic carbocycles. The molecule has 1 aliphatic rings. The Labute approximate surface area is 128 Å². The van der Waals surface area contributed by atoms with E-state index in [1.165, 1.54) is 39.2 Å². The van der Waals surface area contributed by atoms with Gasteiger partial charge in [0.1, 0.15) is 0 Å². The fraction of sp³-hybridized carbons (Fsp3) is 0.611. The number of hydrogen-bond acceptors (Lipinski definition) is 3. The monoisotopic (exact) mass is 289 g/mol. The SMILES string of the molecule is CCC1CCCCC1NCC(C(=O)OC)c1ccccc1. The summed E-state index contributed by atoms with van der Waals surface area (Å²) in [5.41, 5.74) is 1.03. The lowest BCUT2D eigenvalue weighted by atomic mass is 9.82. The number of hydrogen-bond donors (Lipinski definition) is 1. The van der Waals surface area contributed by atoms with Gasteiger partial charge in [-0.1, -0.05) is 56.5 Å². The van der Waals surface area contributed by atoms with Crippen molar-refractivity contribution in [2.45, 2.75) is 51.0 Å². The standard InChI is InChI=1S/C18H27NO2/c1-3-14-9-7-8-12-17(14)19-13-16(18(20)21-2)15-10-5-4-6-11-15/h4-6,10-11,14,16-17,19H,3,7-9,12-13H2,1-2H3. The van der Waals surface area contributed by atoms with E-state index < -0.39 is 0 Å². The Bertz CT molecular complexity index is 432. The molecular formula is C18H27NO2. The van der Waals surface area contributed by atoms with Crippen molar-refractivity contribution in [1.29, 1.82) is 0 Å². The van der Waals surface area contributed by atoms with E-state index in [2.05, 4.69) is 12.2 Å². The third-order valence-corrected chi connectivity index (χ3v) is 4.71. The minimum atomic E-state index is -0.212. The molecule has 0 spiro atoms. The predicted molar refractivity (Wildman–Crippen MR) is 85.2 cm³/mol. The summed E-state index contributed by atoms with van der Waals surface area (Å²) in [6, 6.07) is 10.5. The van der Waals surface area contributed by atoms with Crippen LogP contribution < -0.4 is 5.32 Å². The summed E-state index contributed by atoms with van der Waals surface area (Å²) < 4.78 is 4.98. The summed E-state index contributed by atoms with van der Waals surface area (Å²) in [4.78, 5) is 12.1. The molecule has 0 amide bonds. The number of ether oxygens (including phenoxy) is 1. The summed E-state index contributed by atoms with van der Waals surface area (Å²) in [6.45, 7) is 2.93. The van der Waals surface area contributed by atoms with E-state index in [1.54, 1.807) is 0 Å². The van der Waals surface area contributed by atoms with Crippen LogP contribution in [0.3, 0.4) is 0 Å². The topological polar surface area (TPSA) is 38.3 Å². The summed E-state index contributed by atoms with van der Waals surface area (Å²) in [5.74, 6) is 0.376. The van der Waals surface area contributed by atoms with Crippen LogP contribution >= 0.6 is 0 Å². The summed E-state index contributed by atoms with van der Waals surface area (Å²) in [5, 5.41) is 3.64. The van der Waals surface area contributed by atoms with Crippen molar-refractivity contribution in [3.8, 4) is 0 Å². The molecule has 1 saturated carbocycles. The van der Waals surface area contributed by atoms with E-state index in [0.29, 0.717) is 12.6 Å². The third-order valence-electron chi connectivity index (χ3n) is 4.71. The molecule has 2 rings (SSSR count). The number of carbonyl (C=O) groups excluding carboxylic acids is 1. The fourth-order valence-electron chi connectivity index (χ4n) is 3.40. The molecule has 0 radical (unpaired) electrons. The van der Waals surface area contributed by atoms with E-state index in [4.69, 9.17) is 4.74 Å². The van der Waals surface area contributed by atoms with Gasteiger partial charge in [-0.15, -0.1) is 0 Å². The highest BCUT2D eigenvalue weighted by molar-refractivity contribution is 5.78. The van der Waals surface area contributed by atoms with Crippen LogP contribution in [0.4, 0.5) is 0 Å². The van der Waals surface area contributed by atoms with Crippen LogP contribution in [0.5, 0.6) is 0 Å². The molecule has 0 saturated heterocycles. The van der Waals surface area contributed by atoms with Gasteiger partial charge in [0, 0.05) is 12.6 Å². The number of esters is 1. The van der Waals surface area contributed by atoms with Crippen molar-refractivity contribution in [2.24, 2.45) is 5.92 Å². The second kappa shape index (κ2) is 8.18. The largest absolute Gasteiger partial charge is 0.469 e. The van der Waals surface area contributed by atoms with Crippen LogP contribution in [0, 0.1) is 5.92 Å². The van der Waals surface area contributed by atoms with Crippen molar-refractivity contribution < 1.29 is 9.53 Å². The Morgan fingerprint density at radius 1 is 1.29 bits per heavy atom. The van der Waals surface area contributed by atoms with E-state index in [1.807, 2.05) is 30.3 Å². The first kappa shape index (κ1) is 16.0. The average molecular weight is 289 g/mol. The second-order valence-corrected chi connectivity index (χ2v) is 5.95. The van der Waals surface area contributed by atoms with Crippen molar-refractivity contribution in [1.82, 2.24) is 5.32 Å². The zero-order valence-corrected chi connectivity index (χ0v) is 13.2. The van der Waals surface area contributed by atoms with E-state index in [9.17, 15) is 4.79 Å². The number of rotatable bonds is 6. The van der Waals surface area contributed by atoms with Gasteiger partial charge in [-0.05, 0) is 24.3 Å². The summed E-state index contributed by atoms with van der Waals surface area (Å²) in [6.07, 6.45) is 6.38. The fourth-order valence-corrected chi connectivity index (χ4v) is 3.40. The molecule has 1 aromatic rings. The summed E-state index contributed by atoms with van der Waals surface area (Å²) in [7, 11) is 1.47. The van der Waals surface area contributed by atoms with Gasteiger partial charge in [0.05, 0.1) is 13.0 Å². The number of methoxy groups -OCH3 is 1. The maximum Gasteiger partial charge on any atom is 0.314 e. The molecule has 1 fully saturated rings. The van der Waals surface area contributed by atoms with Gasteiger partial charge >= 0.3 is 5.97 Å². The number of carbonyl (C=O) groups is 1. The van der Waals surface area contributed by atoms with Crippen molar-refractivity contribution in [3.63, 3.8) is 0 Å². The first-order valence-corrected chi connectivity index (χ1v) is 8.12. The molecule has 116 valence electrons. The second-order valence-electron chi connectivity index (χ2n) is 5.95. The number of nitrogens with one attached hydrogen (secondary N) is 1. The average Bonchev–Trinajstić information content (AvgIpc) is 2.56. The van der Waals surface area contributed by atoms with Gasteiger partial charge < -0.3 is 10.1 Å². The number of benzene rings is 1. The summed E-state index contributed by atoms with van der Waals surface area (Å²) >= 11 is 0. The highest BCUT2D eigenvalue weighted by Crippen LogP contribution is 2.27. The third kappa shape index (κ3) is 4.31. The molecule has 1 N–H and O–H groups in total. The maximum atomic E-state index is 12.1. The molecule has 3 nitrogen and oxygen atoms in total. The molecule has 3 atom stereocenters. The van der Waals surface area contributed by atoms with Gasteiger partial charge in [0.15, 0.2) is 0 Å². The smallest absolute Gasteiger partial charge is 0.314 e. The van der Waals surface area contributed by atoms with Gasteiger partial charge in [-0.3, -0.25) is 4.79 Å². The molecule has 1 aromatic carbocycles. The first-order chi connectivity index (χ1) is 10.3. The first-order valence-electron chi connectivity index (χ1n) is 8.12. The Morgan fingerprint density at radius 3 is 2.67 bits per heavy atom. The Kier molecular flexibility index (Phi) is 6.24. The zero-order chi connectivity index (χ0) is 15.1. The lowest BCUT2D eigenvalue weighted by Crippen LogP contribution is -2.41. The van der Waals surface area contributed by atoms with Crippen molar-refractivity contribution >= 4 is 5.97 Å². The lowest BCUT2D eigenvalue weighted by Gasteiger charge is -2.32. The molecular weight excluding hydrogens is 262 g/mol. The minimum Gasteiger partial charge on any atom is -0.469 e. The molecule has 0 bridgehead atoms. The predicted octanol–water partition coefficient (Wildman–Crippen LogP) is 3.50. The maximum absolute atomic E-state index is 12.1. The van der Waals surface area contributed by atoms with Crippen LogP contribution in [-0.2, 0) is 9.53 Å². The Hall–Kier alpha value is -1.35. The van der Waals surface area contributed by atoms with Gasteiger partial charge in [0.2, 0.25) is 0 Å². The van der Waals surface area contributed by atoms with Crippen LogP contribution in [0.1, 0.15) is 50.5 Å².